The van der Waals surface area contributed by atoms with Crippen molar-refractivity contribution in [3.63, 3.8) is 0 Å². The molecule has 0 unspecified atom stereocenters. The van der Waals surface area contributed by atoms with Crippen LogP contribution in [-0.2, 0) is 4.79 Å². The van der Waals surface area contributed by atoms with Crippen molar-refractivity contribution < 1.29 is 4.79 Å². The van der Waals surface area contributed by atoms with Crippen LogP contribution >= 0.6 is 23.2 Å². The van der Waals surface area contributed by atoms with E-state index in [4.69, 9.17) is 33.2 Å². The maximum absolute atomic E-state index is 12.6. The summed E-state index contributed by atoms with van der Waals surface area (Å²) in [4.78, 5) is 30.8. The van der Waals surface area contributed by atoms with E-state index in [2.05, 4.69) is 9.88 Å². The van der Waals surface area contributed by atoms with Gasteiger partial charge in [-0.05, 0) is 43.5 Å². The maximum Gasteiger partial charge on any atom is 0.225 e. The molecule has 1 saturated heterocycles. The number of pyridine rings is 1. The highest BCUT2D eigenvalue weighted by atomic mass is 35.5. The second-order valence-corrected chi connectivity index (χ2v) is 9.52. The minimum atomic E-state index is 0.235. The molecule has 1 amide bonds. The molecule has 0 spiro atoms. The summed E-state index contributed by atoms with van der Waals surface area (Å²) in [5.74, 6) is 1.33. The standard InChI is InChI=1S/C25H25Cl2N5O/c1-16-13-18(26)5-6-19(16)23-24(20-7-8-28-14-21(20)27)30-22(15-29-23)31-9-11-32(12-10-31)25(33)17-3-2-4-17/h5-8,13-15,17H,2-4,9-12H2,1H3. The number of hydrogen-bond donors (Lipinski definition) is 0. The van der Waals surface area contributed by atoms with Crippen molar-refractivity contribution in [3.05, 3.63) is 58.5 Å². The summed E-state index contributed by atoms with van der Waals surface area (Å²) in [6.45, 7) is 4.89. The second-order valence-electron chi connectivity index (χ2n) is 8.68. The second kappa shape index (κ2) is 9.27. The Kier molecular flexibility index (Phi) is 6.21. The van der Waals surface area contributed by atoms with Gasteiger partial charge in [0.15, 0.2) is 0 Å². The number of carbonyl (C=O) groups is 1. The molecule has 1 aliphatic heterocycles. The molecule has 0 radical (unpaired) electrons. The third-order valence-corrected chi connectivity index (χ3v) is 7.14. The Hall–Kier alpha value is -2.70. The number of aromatic nitrogens is 3. The minimum absolute atomic E-state index is 0.235. The number of rotatable bonds is 4. The van der Waals surface area contributed by atoms with Gasteiger partial charge in [-0.1, -0.05) is 35.7 Å². The van der Waals surface area contributed by atoms with Gasteiger partial charge in [-0.15, -0.1) is 0 Å². The minimum Gasteiger partial charge on any atom is -0.352 e. The first-order chi connectivity index (χ1) is 16.0. The summed E-state index contributed by atoms with van der Waals surface area (Å²) in [6.07, 6.45) is 8.38. The first kappa shape index (κ1) is 22.1. The van der Waals surface area contributed by atoms with Gasteiger partial charge in [-0.3, -0.25) is 14.8 Å². The van der Waals surface area contributed by atoms with Crippen molar-refractivity contribution in [2.24, 2.45) is 5.92 Å². The molecule has 1 aliphatic carbocycles. The van der Waals surface area contributed by atoms with Gasteiger partial charge in [0.25, 0.3) is 0 Å². The SMILES string of the molecule is Cc1cc(Cl)ccc1-c1ncc(N2CCN(C(=O)C3CCC3)CC2)nc1-c1ccncc1Cl. The Morgan fingerprint density at radius 1 is 1.00 bits per heavy atom. The van der Waals surface area contributed by atoms with E-state index in [1.54, 1.807) is 12.4 Å². The fourth-order valence-corrected chi connectivity index (χ4v) is 4.88. The molecular weight excluding hydrogens is 457 g/mol. The van der Waals surface area contributed by atoms with E-state index in [1.165, 1.54) is 6.42 Å². The van der Waals surface area contributed by atoms with E-state index in [-0.39, 0.29) is 5.92 Å². The highest BCUT2D eigenvalue weighted by molar-refractivity contribution is 6.33. The van der Waals surface area contributed by atoms with Crippen LogP contribution in [0.3, 0.4) is 0 Å². The Balaban J connectivity index is 1.47. The Morgan fingerprint density at radius 3 is 2.45 bits per heavy atom. The molecule has 0 atom stereocenters. The summed E-state index contributed by atoms with van der Waals surface area (Å²) >= 11 is 12.7. The van der Waals surface area contributed by atoms with Crippen molar-refractivity contribution >= 4 is 34.9 Å². The highest BCUT2D eigenvalue weighted by Gasteiger charge is 2.31. The fraction of sp³-hybridized carbons (Fsp3) is 0.360. The van der Waals surface area contributed by atoms with Crippen molar-refractivity contribution in [2.45, 2.75) is 26.2 Å². The van der Waals surface area contributed by atoms with E-state index in [1.807, 2.05) is 42.3 Å². The summed E-state index contributed by atoms with van der Waals surface area (Å²) in [5.41, 5.74) is 4.21. The topological polar surface area (TPSA) is 62.2 Å². The molecule has 33 heavy (non-hydrogen) atoms. The largest absolute Gasteiger partial charge is 0.352 e. The Labute approximate surface area is 203 Å². The van der Waals surface area contributed by atoms with E-state index in [0.717, 1.165) is 54.1 Å². The van der Waals surface area contributed by atoms with Crippen LogP contribution in [0.1, 0.15) is 24.8 Å². The molecule has 5 rings (SSSR count). The smallest absolute Gasteiger partial charge is 0.225 e. The van der Waals surface area contributed by atoms with Crippen LogP contribution in [0.4, 0.5) is 5.82 Å². The van der Waals surface area contributed by atoms with Gasteiger partial charge < -0.3 is 9.80 Å². The van der Waals surface area contributed by atoms with Crippen LogP contribution in [0.5, 0.6) is 0 Å². The molecule has 0 N–H and O–H groups in total. The monoisotopic (exact) mass is 481 g/mol. The number of piperazine rings is 1. The number of amides is 1. The van der Waals surface area contributed by atoms with Crippen LogP contribution in [0.2, 0.25) is 10.0 Å². The summed E-state index contributed by atoms with van der Waals surface area (Å²) < 4.78 is 0. The lowest BCUT2D eigenvalue weighted by Gasteiger charge is -2.38. The van der Waals surface area contributed by atoms with Crippen molar-refractivity contribution in [1.29, 1.82) is 0 Å². The molecule has 2 aromatic heterocycles. The highest BCUT2D eigenvalue weighted by Crippen LogP contribution is 2.36. The quantitative estimate of drug-likeness (QED) is 0.507. The van der Waals surface area contributed by atoms with Gasteiger partial charge in [-0.25, -0.2) is 4.98 Å². The van der Waals surface area contributed by atoms with Crippen molar-refractivity contribution in [2.75, 3.05) is 31.1 Å². The van der Waals surface area contributed by atoms with Crippen LogP contribution in [-0.4, -0.2) is 51.9 Å². The van der Waals surface area contributed by atoms with Crippen LogP contribution in [0.15, 0.2) is 42.9 Å². The molecule has 2 aliphatic rings. The molecule has 1 saturated carbocycles. The normalized spacial score (nSPS) is 16.6. The molecule has 8 heteroatoms. The first-order valence-corrected chi connectivity index (χ1v) is 12.0. The average Bonchev–Trinajstić information content (AvgIpc) is 2.78. The number of carbonyl (C=O) groups excluding carboxylic acids is 1. The predicted molar refractivity (Wildman–Crippen MR) is 132 cm³/mol. The van der Waals surface area contributed by atoms with E-state index >= 15 is 0 Å². The van der Waals surface area contributed by atoms with Gasteiger partial charge >= 0.3 is 0 Å². The maximum atomic E-state index is 12.6. The molecule has 2 fully saturated rings. The van der Waals surface area contributed by atoms with Gasteiger partial charge in [0.05, 0.1) is 16.9 Å². The molecular formula is C25H25Cl2N5O. The van der Waals surface area contributed by atoms with E-state index in [9.17, 15) is 4.79 Å². The molecule has 6 nitrogen and oxygen atoms in total. The fourth-order valence-electron chi connectivity index (χ4n) is 4.45. The zero-order valence-corrected chi connectivity index (χ0v) is 20.0. The van der Waals surface area contributed by atoms with E-state index < -0.39 is 0 Å². The van der Waals surface area contributed by atoms with Crippen LogP contribution in [0, 0.1) is 12.8 Å². The van der Waals surface area contributed by atoms with Gasteiger partial charge in [-0.2, -0.15) is 0 Å². The average molecular weight is 482 g/mol. The Morgan fingerprint density at radius 2 is 1.79 bits per heavy atom. The zero-order chi connectivity index (χ0) is 22.9. The number of nitrogens with zero attached hydrogens (tertiary/aromatic N) is 5. The molecule has 0 bridgehead atoms. The summed E-state index contributed by atoms with van der Waals surface area (Å²) in [6, 6.07) is 7.60. The third kappa shape index (κ3) is 4.42. The third-order valence-electron chi connectivity index (χ3n) is 6.60. The molecule has 3 heterocycles. The first-order valence-electron chi connectivity index (χ1n) is 11.3. The van der Waals surface area contributed by atoms with Crippen LogP contribution < -0.4 is 4.90 Å². The van der Waals surface area contributed by atoms with Gasteiger partial charge in [0.2, 0.25) is 5.91 Å². The lowest BCUT2D eigenvalue weighted by atomic mass is 9.84. The molecule has 3 aromatic rings. The lowest BCUT2D eigenvalue weighted by Crippen LogP contribution is -2.51. The van der Waals surface area contributed by atoms with Crippen molar-refractivity contribution in [1.82, 2.24) is 19.9 Å². The molecule has 170 valence electrons. The van der Waals surface area contributed by atoms with Crippen molar-refractivity contribution in [3.8, 4) is 22.5 Å². The number of hydrogen-bond acceptors (Lipinski definition) is 5. The van der Waals surface area contributed by atoms with Crippen LogP contribution in [0.25, 0.3) is 22.5 Å². The number of benzene rings is 1. The number of anilines is 1. The Bertz CT molecular complexity index is 1190. The van der Waals surface area contributed by atoms with Gasteiger partial charge in [0, 0.05) is 60.6 Å². The number of aryl methyl sites for hydroxylation is 1. The summed E-state index contributed by atoms with van der Waals surface area (Å²) in [7, 11) is 0. The summed E-state index contributed by atoms with van der Waals surface area (Å²) in [5, 5.41) is 1.20. The predicted octanol–water partition coefficient (Wildman–Crippen LogP) is 5.27. The number of halogens is 2. The van der Waals surface area contributed by atoms with Gasteiger partial charge in [0.1, 0.15) is 11.5 Å². The zero-order valence-electron chi connectivity index (χ0n) is 18.5. The molecule has 1 aromatic carbocycles. The lowest BCUT2D eigenvalue weighted by molar-refractivity contribution is -0.138. The van der Waals surface area contributed by atoms with E-state index in [0.29, 0.717) is 34.7 Å².